The van der Waals surface area contributed by atoms with Crippen LogP contribution in [0, 0.1) is 0 Å². The summed E-state index contributed by atoms with van der Waals surface area (Å²) in [6.07, 6.45) is 0.990. The number of ether oxygens (including phenoxy) is 2. The van der Waals surface area contributed by atoms with Gasteiger partial charge >= 0.3 is 0 Å². The van der Waals surface area contributed by atoms with Crippen molar-refractivity contribution in [2.24, 2.45) is 4.99 Å². The highest BCUT2D eigenvalue weighted by molar-refractivity contribution is 14.0. The van der Waals surface area contributed by atoms with Crippen LogP contribution in [0.4, 0.5) is 5.69 Å². The summed E-state index contributed by atoms with van der Waals surface area (Å²) >= 11 is 0. The maximum atomic E-state index is 12.0. The number of anilines is 1. The van der Waals surface area contributed by atoms with Crippen molar-refractivity contribution in [2.75, 3.05) is 85.1 Å². The molecule has 3 rings (SSSR count). The summed E-state index contributed by atoms with van der Waals surface area (Å²) in [4.78, 5) is 22.8. The predicted molar refractivity (Wildman–Crippen MR) is 138 cm³/mol. The molecule has 1 atom stereocenters. The first-order valence-electron chi connectivity index (χ1n) is 11.0. The molecule has 2 N–H and O–H groups in total. The van der Waals surface area contributed by atoms with Gasteiger partial charge in [-0.3, -0.25) is 9.69 Å². The van der Waals surface area contributed by atoms with E-state index in [1.54, 1.807) is 26.1 Å². The van der Waals surface area contributed by atoms with E-state index in [0.29, 0.717) is 5.96 Å². The Bertz CT molecular complexity index is 742. The molecule has 2 saturated heterocycles. The SMILES string of the molecule is COc1ccccc1N1CCC(NC(=NCC(=O)N(C)C)NCCN2CCOCC2)C1.I. The molecule has 2 heterocycles. The van der Waals surface area contributed by atoms with Gasteiger partial charge < -0.3 is 29.9 Å². The number of carbonyl (C=O) groups excluding carboxylic acids is 1. The number of guanidine groups is 1. The van der Waals surface area contributed by atoms with Gasteiger partial charge in [0, 0.05) is 59.4 Å². The molecular weight excluding hydrogens is 523 g/mol. The Balaban J connectivity index is 0.00000363. The van der Waals surface area contributed by atoms with E-state index in [1.165, 1.54) is 0 Å². The van der Waals surface area contributed by atoms with Crippen LogP contribution < -0.4 is 20.3 Å². The zero-order valence-electron chi connectivity index (χ0n) is 19.4. The van der Waals surface area contributed by atoms with Gasteiger partial charge in [-0.2, -0.15) is 0 Å². The average Bonchev–Trinajstić information content (AvgIpc) is 3.26. The van der Waals surface area contributed by atoms with Gasteiger partial charge in [0.15, 0.2) is 5.96 Å². The molecule has 1 unspecified atom stereocenters. The summed E-state index contributed by atoms with van der Waals surface area (Å²) in [6, 6.07) is 8.34. The number of hydrogen-bond donors (Lipinski definition) is 2. The van der Waals surface area contributed by atoms with Crippen LogP contribution in [-0.2, 0) is 9.53 Å². The number of nitrogens with one attached hydrogen (secondary N) is 2. The second-order valence-corrected chi connectivity index (χ2v) is 8.08. The smallest absolute Gasteiger partial charge is 0.243 e. The van der Waals surface area contributed by atoms with Gasteiger partial charge in [-0.25, -0.2) is 4.99 Å². The van der Waals surface area contributed by atoms with E-state index in [1.807, 2.05) is 18.2 Å². The summed E-state index contributed by atoms with van der Waals surface area (Å²) in [5.41, 5.74) is 1.11. The minimum absolute atomic E-state index is 0. The van der Waals surface area contributed by atoms with E-state index in [9.17, 15) is 4.79 Å². The van der Waals surface area contributed by atoms with Gasteiger partial charge in [0.1, 0.15) is 12.3 Å². The summed E-state index contributed by atoms with van der Waals surface area (Å²) in [5.74, 6) is 1.56. The Morgan fingerprint density at radius 2 is 2.00 bits per heavy atom. The average molecular weight is 560 g/mol. The number of hydrogen-bond acceptors (Lipinski definition) is 6. The summed E-state index contributed by atoms with van der Waals surface area (Å²) in [6.45, 7) is 7.10. The summed E-state index contributed by atoms with van der Waals surface area (Å²) < 4.78 is 10.9. The number of halogens is 1. The highest BCUT2D eigenvalue weighted by atomic mass is 127. The number of likely N-dealkylation sites (N-methyl/N-ethyl adjacent to an activating group) is 1. The number of methoxy groups -OCH3 is 1. The van der Waals surface area contributed by atoms with Gasteiger partial charge in [0.05, 0.1) is 26.0 Å². The lowest BCUT2D eigenvalue weighted by Gasteiger charge is -2.27. The van der Waals surface area contributed by atoms with Crippen LogP contribution in [-0.4, -0.2) is 108 Å². The molecule has 0 saturated carbocycles. The number of amides is 1. The number of nitrogens with zero attached hydrogens (tertiary/aromatic N) is 4. The molecule has 2 fully saturated rings. The fraction of sp³-hybridized carbons (Fsp3) is 0.636. The van der Waals surface area contributed by atoms with E-state index >= 15 is 0 Å². The molecule has 2 aliphatic heterocycles. The monoisotopic (exact) mass is 560 g/mol. The first-order chi connectivity index (χ1) is 15.1. The standard InChI is InChI=1S/C22H36N6O3.HI/c1-26(2)21(29)16-24-22(23-9-11-27-12-14-31-15-13-27)25-18-8-10-28(17-18)19-6-4-5-7-20(19)30-3;/h4-7,18H,8-17H2,1-3H3,(H2,23,24,25);1H. The molecule has 180 valence electrons. The van der Waals surface area contributed by atoms with E-state index < -0.39 is 0 Å². The molecule has 1 aromatic carbocycles. The van der Waals surface area contributed by atoms with Crippen LogP contribution in [0.3, 0.4) is 0 Å². The number of para-hydroxylation sites is 2. The Kier molecular flexibility index (Phi) is 11.3. The minimum atomic E-state index is -0.0173. The first kappa shape index (κ1) is 26.5. The lowest BCUT2D eigenvalue weighted by Crippen LogP contribution is -2.48. The lowest BCUT2D eigenvalue weighted by atomic mass is 10.2. The highest BCUT2D eigenvalue weighted by Crippen LogP contribution is 2.30. The third-order valence-corrected chi connectivity index (χ3v) is 5.65. The quantitative estimate of drug-likeness (QED) is 0.277. The van der Waals surface area contributed by atoms with Crippen LogP contribution >= 0.6 is 24.0 Å². The molecule has 1 aromatic rings. The van der Waals surface area contributed by atoms with Crippen molar-refractivity contribution < 1.29 is 14.3 Å². The highest BCUT2D eigenvalue weighted by Gasteiger charge is 2.25. The third-order valence-electron chi connectivity index (χ3n) is 5.65. The van der Waals surface area contributed by atoms with Crippen molar-refractivity contribution in [1.29, 1.82) is 0 Å². The number of carbonyl (C=O) groups is 1. The zero-order valence-corrected chi connectivity index (χ0v) is 21.7. The topological polar surface area (TPSA) is 81.7 Å². The Morgan fingerprint density at radius 3 is 2.72 bits per heavy atom. The normalized spacial score (nSPS) is 19.3. The third kappa shape index (κ3) is 7.96. The molecule has 32 heavy (non-hydrogen) atoms. The van der Waals surface area contributed by atoms with Crippen molar-refractivity contribution in [3.63, 3.8) is 0 Å². The van der Waals surface area contributed by atoms with Crippen LogP contribution in [0.15, 0.2) is 29.3 Å². The maximum Gasteiger partial charge on any atom is 0.243 e. The van der Waals surface area contributed by atoms with Gasteiger partial charge in [-0.05, 0) is 18.6 Å². The van der Waals surface area contributed by atoms with Crippen molar-refractivity contribution in [3.8, 4) is 5.75 Å². The van der Waals surface area contributed by atoms with Gasteiger partial charge in [-0.15, -0.1) is 24.0 Å². The van der Waals surface area contributed by atoms with Crippen LogP contribution in [0.5, 0.6) is 5.75 Å². The predicted octanol–water partition coefficient (Wildman–Crippen LogP) is 0.848. The molecule has 0 bridgehead atoms. The Hall–Kier alpha value is -1.79. The number of morpholine rings is 1. The molecule has 2 aliphatic rings. The van der Waals surface area contributed by atoms with Crippen LogP contribution in [0.25, 0.3) is 0 Å². The van der Waals surface area contributed by atoms with E-state index in [4.69, 9.17) is 9.47 Å². The molecule has 10 heteroatoms. The maximum absolute atomic E-state index is 12.0. The number of benzene rings is 1. The second-order valence-electron chi connectivity index (χ2n) is 8.08. The lowest BCUT2D eigenvalue weighted by molar-refractivity contribution is -0.127. The van der Waals surface area contributed by atoms with Crippen molar-refractivity contribution >= 4 is 41.5 Å². The molecule has 0 aromatic heterocycles. The minimum Gasteiger partial charge on any atom is -0.495 e. The van der Waals surface area contributed by atoms with E-state index in [2.05, 4.69) is 31.5 Å². The molecule has 0 spiro atoms. The van der Waals surface area contributed by atoms with E-state index in [0.717, 1.165) is 70.3 Å². The second kappa shape index (κ2) is 13.7. The summed E-state index contributed by atoms with van der Waals surface area (Å²) in [5, 5.41) is 6.94. The molecule has 0 radical (unpaired) electrons. The number of rotatable bonds is 8. The Morgan fingerprint density at radius 1 is 1.25 bits per heavy atom. The van der Waals surface area contributed by atoms with Crippen molar-refractivity contribution in [3.05, 3.63) is 24.3 Å². The molecule has 0 aliphatic carbocycles. The first-order valence-corrected chi connectivity index (χ1v) is 11.0. The molecule has 9 nitrogen and oxygen atoms in total. The summed E-state index contributed by atoms with van der Waals surface area (Å²) in [7, 11) is 5.20. The number of aliphatic imine (C=N–C) groups is 1. The van der Waals surface area contributed by atoms with Gasteiger partial charge in [0.2, 0.25) is 5.91 Å². The van der Waals surface area contributed by atoms with E-state index in [-0.39, 0.29) is 42.5 Å². The molecular formula is C22H37IN6O3. The Labute approximate surface area is 208 Å². The van der Waals surface area contributed by atoms with Crippen LogP contribution in [0.2, 0.25) is 0 Å². The fourth-order valence-electron chi connectivity index (χ4n) is 3.78. The molecule has 1 amide bonds. The van der Waals surface area contributed by atoms with Gasteiger partial charge in [-0.1, -0.05) is 12.1 Å². The van der Waals surface area contributed by atoms with Crippen molar-refractivity contribution in [1.82, 2.24) is 20.4 Å². The van der Waals surface area contributed by atoms with Gasteiger partial charge in [0.25, 0.3) is 0 Å². The largest absolute Gasteiger partial charge is 0.495 e. The van der Waals surface area contributed by atoms with Crippen LogP contribution in [0.1, 0.15) is 6.42 Å². The van der Waals surface area contributed by atoms with Crippen molar-refractivity contribution in [2.45, 2.75) is 12.5 Å². The fourth-order valence-corrected chi connectivity index (χ4v) is 3.78. The zero-order chi connectivity index (χ0) is 22.1.